The van der Waals surface area contributed by atoms with Gasteiger partial charge in [0.05, 0.1) is 6.61 Å². The summed E-state index contributed by atoms with van der Waals surface area (Å²) in [4.78, 5) is 0. The SMILES string of the molecule is CCOc1ccc(-c2ccc(CN)cc2F)cc1. The Hall–Kier alpha value is -1.87. The molecule has 18 heavy (non-hydrogen) atoms. The van der Waals surface area contributed by atoms with Crippen molar-refractivity contribution in [2.24, 2.45) is 5.73 Å². The molecule has 0 aliphatic heterocycles. The molecule has 0 unspecified atom stereocenters. The fourth-order valence-electron chi connectivity index (χ4n) is 1.82. The van der Waals surface area contributed by atoms with Gasteiger partial charge in [0.1, 0.15) is 11.6 Å². The molecule has 2 aromatic rings. The van der Waals surface area contributed by atoms with E-state index in [-0.39, 0.29) is 5.82 Å². The lowest BCUT2D eigenvalue weighted by atomic mass is 10.0. The van der Waals surface area contributed by atoms with E-state index in [1.807, 2.05) is 37.3 Å². The van der Waals surface area contributed by atoms with E-state index in [2.05, 4.69) is 0 Å². The third-order valence-electron chi connectivity index (χ3n) is 2.75. The zero-order chi connectivity index (χ0) is 13.0. The highest BCUT2D eigenvalue weighted by Crippen LogP contribution is 2.25. The van der Waals surface area contributed by atoms with Crippen LogP contribution in [0.15, 0.2) is 42.5 Å². The first-order valence-corrected chi connectivity index (χ1v) is 5.96. The standard InChI is InChI=1S/C15H16FNO/c1-2-18-13-6-4-12(5-7-13)14-8-3-11(10-17)9-15(14)16/h3-9H,2,10,17H2,1H3. The maximum Gasteiger partial charge on any atom is 0.131 e. The molecule has 0 amide bonds. The Bertz CT molecular complexity index is 523. The second-order valence-corrected chi connectivity index (χ2v) is 3.98. The summed E-state index contributed by atoms with van der Waals surface area (Å²) in [6.07, 6.45) is 0. The number of ether oxygens (including phenoxy) is 1. The smallest absolute Gasteiger partial charge is 0.131 e. The molecule has 0 aliphatic rings. The van der Waals surface area contributed by atoms with Crippen molar-refractivity contribution < 1.29 is 9.13 Å². The van der Waals surface area contributed by atoms with Gasteiger partial charge in [0.2, 0.25) is 0 Å². The minimum Gasteiger partial charge on any atom is -0.494 e. The average Bonchev–Trinajstić information content (AvgIpc) is 2.40. The van der Waals surface area contributed by atoms with Gasteiger partial charge in [-0.05, 0) is 36.2 Å². The third kappa shape index (κ3) is 2.68. The second kappa shape index (κ2) is 5.65. The molecule has 0 radical (unpaired) electrons. The molecule has 0 spiro atoms. The maximum absolute atomic E-state index is 13.9. The Labute approximate surface area is 106 Å². The van der Waals surface area contributed by atoms with Crippen LogP contribution in [0.2, 0.25) is 0 Å². The fourth-order valence-corrected chi connectivity index (χ4v) is 1.82. The first-order chi connectivity index (χ1) is 8.74. The summed E-state index contributed by atoms with van der Waals surface area (Å²) in [5, 5.41) is 0. The van der Waals surface area contributed by atoms with Crippen molar-refractivity contribution >= 4 is 0 Å². The van der Waals surface area contributed by atoms with Gasteiger partial charge in [-0.1, -0.05) is 24.3 Å². The summed E-state index contributed by atoms with van der Waals surface area (Å²) in [6, 6.07) is 12.5. The quantitative estimate of drug-likeness (QED) is 0.896. The summed E-state index contributed by atoms with van der Waals surface area (Å²) < 4.78 is 19.2. The Morgan fingerprint density at radius 3 is 2.39 bits per heavy atom. The van der Waals surface area contributed by atoms with Crippen molar-refractivity contribution in [2.45, 2.75) is 13.5 Å². The van der Waals surface area contributed by atoms with Gasteiger partial charge in [-0.3, -0.25) is 0 Å². The Morgan fingerprint density at radius 2 is 1.83 bits per heavy atom. The van der Waals surface area contributed by atoms with Crippen LogP contribution in [0, 0.1) is 5.82 Å². The molecule has 0 aliphatic carbocycles. The van der Waals surface area contributed by atoms with Gasteiger partial charge in [-0.2, -0.15) is 0 Å². The van der Waals surface area contributed by atoms with Gasteiger partial charge in [-0.15, -0.1) is 0 Å². The molecule has 0 aromatic heterocycles. The third-order valence-corrected chi connectivity index (χ3v) is 2.75. The van der Waals surface area contributed by atoms with Crippen molar-refractivity contribution in [3.05, 3.63) is 53.8 Å². The van der Waals surface area contributed by atoms with Crippen LogP contribution in [0.5, 0.6) is 5.75 Å². The first kappa shape index (κ1) is 12.6. The normalized spacial score (nSPS) is 10.4. The van der Waals surface area contributed by atoms with Crippen LogP contribution in [-0.4, -0.2) is 6.61 Å². The van der Waals surface area contributed by atoms with Crippen LogP contribution in [0.1, 0.15) is 12.5 Å². The summed E-state index contributed by atoms with van der Waals surface area (Å²) in [5.74, 6) is 0.544. The summed E-state index contributed by atoms with van der Waals surface area (Å²) >= 11 is 0. The lowest BCUT2D eigenvalue weighted by Gasteiger charge is -2.07. The van der Waals surface area contributed by atoms with Crippen LogP contribution in [0.3, 0.4) is 0 Å². The monoisotopic (exact) mass is 245 g/mol. The first-order valence-electron chi connectivity index (χ1n) is 5.96. The number of hydrogen-bond donors (Lipinski definition) is 1. The lowest BCUT2D eigenvalue weighted by molar-refractivity contribution is 0.340. The van der Waals surface area contributed by atoms with Crippen molar-refractivity contribution in [1.29, 1.82) is 0 Å². The Kier molecular flexibility index (Phi) is 3.95. The number of hydrogen-bond acceptors (Lipinski definition) is 2. The molecule has 94 valence electrons. The topological polar surface area (TPSA) is 35.2 Å². The minimum atomic E-state index is -0.248. The van der Waals surface area contributed by atoms with Crippen LogP contribution in [-0.2, 0) is 6.54 Å². The van der Waals surface area contributed by atoms with Crippen molar-refractivity contribution in [2.75, 3.05) is 6.61 Å². The van der Waals surface area contributed by atoms with E-state index >= 15 is 0 Å². The molecular weight excluding hydrogens is 229 g/mol. The predicted octanol–water partition coefficient (Wildman–Crippen LogP) is 3.35. The maximum atomic E-state index is 13.9. The molecule has 2 aromatic carbocycles. The van der Waals surface area contributed by atoms with Gasteiger partial charge >= 0.3 is 0 Å². The highest BCUT2D eigenvalue weighted by atomic mass is 19.1. The van der Waals surface area contributed by atoms with E-state index in [9.17, 15) is 4.39 Å². The van der Waals surface area contributed by atoms with Crippen molar-refractivity contribution in [3.8, 4) is 16.9 Å². The second-order valence-electron chi connectivity index (χ2n) is 3.98. The molecule has 2 rings (SSSR count). The summed E-state index contributed by atoms with van der Waals surface area (Å²) in [6.45, 7) is 2.90. The zero-order valence-corrected chi connectivity index (χ0v) is 10.3. The molecule has 2 N–H and O–H groups in total. The number of benzene rings is 2. The number of nitrogens with two attached hydrogens (primary N) is 1. The van der Waals surface area contributed by atoms with Gasteiger partial charge in [0.15, 0.2) is 0 Å². The Balaban J connectivity index is 2.30. The molecular formula is C15H16FNO. The Morgan fingerprint density at radius 1 is 1.11 bits per heavy atom. The molecule has 0 fully saturated rings. The van der Waals surface area contributed by atoms with Crippen LogP contribution >= 0.6 is 0 Å². The molecule has 0 saturated heterocycles. The zero-order valence-electron chi connectivity index (χ0n) is 10.3. The van der Waals surface area contributed by atoms with Crippen LogP contribution < -0.4 is 10.5 Å². The van der Waals surface area contributed by atoms with E-state index in [1.165, 1.54) is 6.07 Å². The van der Waals surface area contributed by atoms with Crippen molar-refractivity contribution in [1.82, 2.24) is 0 Å². The van der Waals surface area contributed by atoms with E-state index in [1.54, 1.807) is 6.07 Å². The fraction of sp³-hybridized carbons (Fsp3) is 0.200. The van der Waals surface area contributed by atoms with Crippen LogP contribution in [0.25, 0.3) is 11.1 Å². The highest BCUT2D eigenvalue weighted by molar-refractivity contribution is 5.65. The molecule has 3 heteroatoms. The molecule has 0 atom stereocenters. The van der Waals surface area contributed by atoms with E-state index < -0.39 is 0 Å². The average molecular weight is 245 g/mol. The van der Waals surface area contributed by atoms with E-state index in [0.717, 1.165) is 16.9 Å². The van der Waals surface area contributed by atoms with Gasteiger partial charge in [0.25, 0.3) is 0 Å². The van der Waals surface area contributed by atoms with E-state index in [4.69, 9.17) is 10.5 Å². The van der Waals surface area contributed by atoms with Crippen molar-refractivity contribution in [3.63, 3.8) is 0 Å². The molecule has 2 nitrogen and oxygen atoms in total. The molecule has 0 bridgehead atoms. The number of rotatable bonds is 4. The highest BCUT2D eigenvalue weighted by Gasteiger charge is 2.06. The van der Waals surface area contributed by atoms with Gasteiger partial charge in [-0.25, -0.2) is 4.39 Å². The minimum absolute atomic E-state index is 0.248. The summed E-state index contributed by atoms with van der Waals surface area (Å²) in [7, 11) is 0. The lowest BCUT2D eigenvalue weighted by Crippen LogP contribution is -1.97. The van der Waals surface area contributed by atoms with E-state index in [0.29, 0.717) is 18.7 Å². The predicted molar refractivity (Wildman–Crippen MR) is 70.9 cm³/mol. The van der Waals surface area contributed by atoms with Gasteiger partial charge < -0.3 is 10.5 Å². The largest absolute Gasteiger partial charge is 0.494 e. The van der Waals surface area contributed by atoms with Gasteiger partial charge in [0, 0.05) is 12.1 Å². The molecule has 0 heterocycles. The number of halogens is 1. The molecule has 0 saturated carbocycles. The summed E-state index contributed by atoms with van der Waals surface area (Å²) in [5.41, 5.74) is 7.68. The van der Waals surface area contributed by atoms with Crippen LogP contribution in [0.4, 0.5) is 4.39 Å².